The highest BCUT2D eigenvalue weighted by molar-refractivity contribution is 5.51. The molecule has 0 unspecified atom stereocenters. The van der Waals surface area contributed by atoms with E-state index < -0.39 is 0 Å². The Morgan fingerprint density at radius 3 is 2.79 bits per heavy atom. The zero-order chi connectivity index (χ0) is 13.7. The first-order chi connectivity index (χ1) is 9.20. The second kappa shape index (κ2) is 6.38. The predicted octanol–water partition coefficient (Wildman–Crippen LogP) is 2.58. The molecule has 0 bridgehead atoms. The van der Waals surface area contributed by atoms with Gasteiger partial charge in [-0.15, -0.1) is 0 Å². The molecule has 102 valence electrons. The number of rotatable bonds is 6. The molecular formula is C15H22N4. The van der Waals surface area contributed by atoms with E-state index in [1.165, 1.54) is 16.9 Å². The van der Waals surface area contributed by atoms with E-state index >= 15 is 0 Å². The number of hydrogen-bond donors (Lipinski definition) is 1. The summed E-state index contributed by atoms with van der Waals surface area (Å²) in [7, 11) is 4.17. The normalized spacial score (nSPS) is 10.9. The fourth-order valence-corrected chi connectivity index (χ4v) is 2.14. The molecular weight excluding hydrogens is 236 g/mol. The lowest BCUT2D eigenvalue weighted by Crippen LogP contribution is -2.13. The summed E-state index contributed by atoms with van der Waals surface area (Å²) in [6.07, 6.45) is 3.80. The Bertz CT molecular complexity index is 516. The van der Waals surface area contributed by atoms with Gasteiger partial charge in [0.05, 0.1) is 18.6 Å². The summed E-state index contributed by atoms with van der Waals surface area (Å²) in [5.74, 6) is 0. The monoisotopic (exact) mass is 258 g/mol. The van der Waals surface area contributed by atoms with Crippen molar-refractivity contribution in [3.63, 3.8) is 0 Å². The van der Waals surface area contributed by atoms with Gasteiger partial charge in [0.2, 0.25) is 0 Å². The van der Waals surface area contributed by atoms with Crippen molar-refractivity contribution in [1.82, 2.24) is 14.5 Å². The summed E-state index contributed by atoms with van der Waals surface area (Å²) >= 11 is 0. The van der Waals surface area contributed by atoms with Crippen molar-refractivity contribution in [3.05, 3.63) is 48.0 Å². The lowest BCUT2D eigenvalue weighted by Gasteiger charge is -2.15. The molecule has 0 spiro atoms. The van der Waals surface area contributed by atoms with Crippen LogP contribution in [0.15, 0.2) is 36.8 Å². The Morgan fingerprint density at radius 2 is 2.05 bits per heavy atom. The molecule has 0 aliphatic heterocycles. The number of benzene rings is 1. The highest BCUT2D eigenvalue weighted by atomic mass is 15.1. The van der Waals surface area contributed by atoms with Crippen LogP contribution in [-0.2, 0) is 19.6 Å². The molecule has 2 aromatic rings. The van der Waals surface area contributed by atoms with Crippen LogP contribution in [0.2, 0.25) is 0 Å². The number of nitrogens with one attached hydrogen (secondary N) is 1. The van der Waals surface area contributed by atoms with Crippen LogP contribution >= 0.6 is 0 Å². The van der Waals surface area contributed by atoms with Crippen LogP contribution < -0.4 is 5.32 Å². The van der Waals surface area contributed by atoms with E-state index in [1.54, 1.807) is 0 Å². The van der Waals surface area contributed by atoms with Crippen LogP contribution in [0.4, 0.5) is 5.69 Å². The first kappa shape index (κ1) is 13.6. The Labute approximate surface area is 115 Å². The largest absolute Gasteiger partial charge is 0.379 e. The molecule has 0 amide bonds. The van der Waals surface area contributed by atoms with Crippen molar-refractivity contribution >= 4 is 5.69 Å². The quantitative estimate of drug-likeness (QED) is 0.864. The van der Waals surface area contributed by atoms with Crippen molar-refractivity contribution in [2.24, 2.45) is 0 Å². The fourth-order valence-electron chi connectivity index (χ4n) is 2.14. The molecule has 0 aliphatic rings. The van der Waals surface area contributed by atoms with Crippen LogP contribution in [0.3, 0.4) is 0 Å². The smallest absolute Gasteiger partial charge is 0.0948 e. The van der Waals surface area contributed by atoms with Gasteiger partial charge in [-0.25, -0.2) is 4.98 Å². The van der Waals surface area contributed by atoms with Gasteiger partial charge in [0, 0.05) is 25.0 Å². The molecule has 4 nitrogen and oxygen atoms in total. The van der Waals surface area contributed by atoms with Gasteiger partial charge >= 0.3 is 0 Å². The minimum atomic E-state index is 0.804. The third kappa shape index (κ3) is 3.58. The molecule has 0 aliphatic carbocycles. The van der Waals surface area contributed by atoms with E-state index in [1.807, 2.05) is 12.5 Å². The van der Waals surface area contributed by atoms with E-state index in [2.05, 4.69) is 65.1 Å². The van der Waals surface area contributed by atoms with Crippen LogP contribution in [-0.4, -0.2) is 28.5 Å². The Morgan fingerprint density at radius 1 is 1.26 bits per heavy atom. The molecule has 1 N–H and O–H groups in total. The SMILES string of the molecule is CCn1cncc1CNc1ccccc1CN(C)C. The van der Waals surface area contributed by atoms with Crippen molar-refractivity contribution in [1.29, 1.82) is 0 Å². The van der Waals surface area contributed by atoms with Gasteiger partial charge in [-0.3, -0.25) is 0 Å². The average Bonchev–Trinajstić information content (AvgIpc) is 2.84. The molecule has 0 fully saturated rings. The van der Waals surface area contributed by atoms with E-state index in [9.17, 15) is 0 Å². The summed E-state index contributed by atoms with van der Waals surface area (Å²) in [4.78, 5) is 6.37. The van der Waals surface area contributed by atoms with Gasteiger partial charge in [0.25, 0.3) is 0 Å². The van der Waals surface area contributed by atoms with Crippen LogP contribution in [0, 0.1) is 0 Å². The van der Waals surface area contributed by atoms with Crippen LogP contribution in [0.25, 0.3) is 0 Å². The van der Waals surface area contributed by atoms with Gasteiger partial charge in [-0.05, 0) is 32.6 Å². The predicted molar refractivity (Wildman–Crippen MR) is 79.1 cm³/mol. The molecule has 4 heteroatoms. The van der Waals surface area contributed by atoms with Crippen LogP contribution in [0.5, 0.6) is 0 Å². The lowest BCUT2D eigenvalue weighted by molar-refractivity contribution is 0.403. The second-order valence-corrected chi connectivity index (χ2v) is 4.92. The number of imidazole rings is 1. The molecule has 0 saturated carbocycles. The molecule has 1 aromatic carbocycles. The van der Waals surface area contributed by atoms with E-state index in [0.29, 0.717) is 0 Å². The van der Waals surface area contributed by atoms with Gasteiger partial charge in [-0.1, -0.05) is 18.2 Å². The topological polar surface area (TPSA) is 33.1 Å². The molecule has 1 heterocycles. The van der Waals surface area contributed by atoms with E-state index in [-0.39, 0.29) is 0 Å². The Hall–Kier alpha value is -1.81. The zero-order valence-corrected chi connectivity index (χ0v) is 11.9. The van der Waals surface area contributed by atoms with Crippen LogP contribution in [0.1, 0.15) is 18.2 Å². The first-order valence-electron chi connectivity index (χ1n) is 6.66. The highest BCUT2D eigenvalue weighted by Crippen LogP contribution is 2.17. The molecule has 19 heavy (non-hydrogen) atoms. The van der Waals surface area contributed by atoms with Crippen molar-refractivity contribution < 1.29 is 0 Å². The standard InChI is InChI=1S/C15H22N4/c1-4-19-12-16-9-14(19)10-17-15-8-6-5-7-13(15)11-18(2)3/h5-9,12,17H,4,10-11H2,1-3H3. The van der Waals surface area contributed by atoms with E-state index in [4.69, 9.17) is 0 Å². The Balaban J connectivity index is 2.07. The number of hydrogen-bond acceptors (Lipinski definition) is 3. The third-order valence-corrected chi connectivity index (χ3v) is 3.10. The summed E-state index contributed by atoms with van der Waals surface area (Å²) in [6.45, 7) is 4.83. The van der Waals surface area contributed by atoms with Crippen molar-refractivity contribution in [2.45, 2.75) is 26.6 Å². The molecule has 0 radical (unpaired) electrons. The number of aryl methyl sites for hydroxylation is 1. The minimum absolute atomic E-state index is 0.804. The maximum Gasteiger partial charge on any atom is 0.0948 e. The summed E-state index contributed by atoms with van der Waals surface area (Å²) in [6, 6.07) is 8.45. The van der Waals surface area contributed by atoms with Crippen molar-refractivity contribution in [3.8, 4) is 0 Å². The zero-order valence-electron chi connectivity index (χ0n) is 11.9. The highest BCUT2D eigenvalue weighted by Gasteiger charge is 2.04. The minimum Gasteiger partial charge on any atom is -0.379 e. The molecule has 1 aromatic heterocycles. The molecule has 0 saturated heterocycles. The summed E-state index contributed by atoms with van der Waals surface area (Å²) < 4.78 is 2.15. The molecule has 0 atom stereocenters. The first-order valence-corrected chi connectivity index (χ1v) is 6.66. The fraction of sp³-hybridized carbons (Fsp3) is 0.400. The lowest BCUT2D eigenvalue weighted by atomic mass is 10.1. The van der Waals surface area contributed by atoms with Gasteiger partial charge in [0.1, 0.15) is 0 Å². The van der Waals surface area contributed by atoms with E-state index in [0.717, 1.165) is 19.6 Å². The number of para-hydroxylation sites is 1. The Kier molecular flexibility index (Phi) is 4.58. The van der Waals surface area contributed by atoms with Gasteiger partial charge in [0.15, 0.2) is 0 Å². The average molecular weight is 258 g/mol. The van der Waals surface area contributed by atoms with Crippen molar-refractivity contribution in [2.75, 3.05) is 19.4 Å². The number of anilines is 1. The maximum atomic E-state index is 4.19. The molecule has 2 rings (SSSR count). The summed E-state index contributed by atoms with van der Waals surface area (Å²) in [5, 5.41) is 3.51. The third-order valence-electron chi connectivity index (χ3n) is 3.10. The second-order valence-electron chi connectivity index (χ2n) is 4.92. The van der Waals surface area contributed by atoms with Gasteiger partial charge < -0.3 is 14.8 Å². The van der Waals surface area contributed by atoms with Gasteiger partial charge in [-0.2, -0.15) is 0 Å². The summed E-state index contributed by atoms with van der Waals surface area (Å²) in [5.41, 5.74) is 3.72. The number of aromatic nitrogens is 2. The number of nitrogens with zero attached hydrogens (tertiary/aromatic N) is 3. The maximum absolute atomic E-state index is 4.19.